The van der Waals surface area contributed by atoms with E-state index in [1.165, 1.54) is 13.8 Å². The number of rotatable bonds is 6. The fourth-order valence-corrected chi connectivity index (χ4v) is 4.06. The fraction of sp³-hybridized carbons (Fsp3) is 0.0625. The van der Waals surface area contributed by atoms with Crippen LogP contribution in [0.5, 0.6) is 11.5 Å². The minimum Gasteiger partial charge on any atom is -0.424 e. The van der Waals surface area contributed by atoms with Crippen molar-refractivity contribution in [1.29, 1.82) is 0 Å². The fourth-order valence-electron chi connectivity index (χ4n) is 4.06. The number of hydrogen-bond acceptors (Lipinski definition) is 6. The van der Waals surface area contributed by atoms with Crippen LogP contribution < -0.4 is 9.47 Å². The zero-order valence-electron chi connectivity index (χ0n) is 20.9. The van der Waals surface area contributed by atoms with Crippen molar-refractivity contribution in [2.24, 2.45) is 0 Å². The molecule has 0 saturated carbocycles. The molecule has 0 spiro atoms. The second-order valence-corrected chi connectivity index (χ2v) is 8.65. The lowest BCUT2D eigenvalue weighted by Crippen LogP contribution is -2.02. The van der Waals surface area contributed by atoms with Crippen LogP contribution in [0.4, 0.5) is 0 Å². The van der Waals surface area contributed by atoms with Crippen LogP contribution in [0, 0.1) is 0 Å². The number of carbonyl (C=O) groups is 2. The molecule has 0 aliphatic heterocycles. The van der Waals surface area contributed by atoms with Gasteiger partial charge in [-0.15, -0.1) is 0 Å². The Morgan fingerprint density at radius 1 is 0.579 bits per heavy atom. The molecule has 5 rings (SSSR count). The van der Waals surface area contributed by atoms with E-state index in [1.54, 1.807) is 12.1 Å². The van der Waals surface area contributed by atoms with Crippen molar-refractivity contribution in [2.75, 3.05) is 0 Å². The molecule has 5 aromatic rings. The molecule has 0 atom stereocenters. The zero-order valence-corrected chi connectivity index (χ0v) is 20.9. The number of aromatic nitrogens is 2. The summed E-state index contributed by atoms with van der Waals surface area (Å²) in [5.74, 6) is 0.127. The highest BCUT2D eigenvalue weighted by atomic mass is 16.5. The number of para-hydroxylation sites is 2. The van der Waals surface area contributed by atoms with Crippen LogP contribution in [-0.2, 0) is 9.59 Å². The Labute approximate surface area is 219 Å². The van der Waals surface area contributed by atoms with E-state index < -0.39 is 0 Å². The van der Waals surface area contributed by atoms with Crippen LogP contribution >= 0.6 is 0 Å². The number of benzene rings is 3. The average Bonchev–Trinajstić information content (AvgIpc) is 2.91. The number of esters is 2. The third-order valence-corrected chi connectivity index (χ3v) is 5.72. The van der Waals surface area contributed by atoms with E-state index in [2.05, 4.69) is 16.0 Å². The van der Waals surface area contributed by atoms with Crippen LogP contribution in [0.3, 0.4) is 0 Å². The molecule has 2 aromatic heterocycles. The molecule has 0 saturated heterocycles. The first-order chi connectivity index (χ1) is 18.4. The summed E-state index contributed by atoms with van der Waals surface area (Å²) in [4.78, 5) is 32.2. The van der Waals surface area contributed by atoms with Gasteiger partial charge in [-0.3, -0.25) is 9.59 Å². The normalized spacial score (nSPS) is 11.4. The third kappa shape index (κ3) is 5.82. The average molecular weight is 501 g/mol. The first kappa shape index (κ1) is 24.6. The molecule has 0 radical (unpaired) electrons. The molecule has 0 amide bonds. The zero-order chi connectivity index (χ0) is 26.5. The molecule has 186 valence electrons. The van der Waals surface area contributed by atoms with Crippen molar-refractivity contribution in [1.82, 2.24) is 9.97 Å². The van der Waals surface area contributed by atoms with Gasteiger partial charge in [-0.1, -0.05) is 66.7 Å². The lowest BCUT2D eigenvalue weighted by molar-refractivity contribution is -0.132. The van der Waals surface area contributed by atoms with Gasteiger partial charge in [0.15, 0.2) is 11.5 Å². The number of carbonyl (C=O) groups excluding carboxylic acids is 2. The quantitative estimate of drug-likeness (QED) is 0.185. The van der Waals surface area contributed by atoms with Gasteiger partial charge in [-0.25, -0.2) is 9.97 Å². The van der Waals surface area contributed by atoms with Crippen LogP contribution in [0.15, 0.2) is 84.9 Å². The van der Waals surface area contributed by atoms with Gasteiger partial charge in [0.2, 0.25) is 0 Å². The largest absolute Gasteiger partial charge is 0.424 e. The van der Waals surface area contributed by atoms with Crippen LogP contribution in [0.1, 0.15) is 36.4 Å². The second-order valence-electron chi connectivity index (χ2n) is 8.65. The van der Waals surface area contributed by atoms with E-state index in [0.29, 0.717) is 22.5 Å². The third-order valence-electron chi connectivity index (χ3n) is 5.72. The number of fused-ring (bicyclic) bond motifs is 2. The lowest BCUT2D eigenvalue weighted by atomic mass is 10.1. The number of hydrogen-bond donors (Lipinski definition) is 0. The molecule has 0 aliphatic carbocycles. The highest BCUT2D eigenvalue weighted by molar-refractivity contribution is 5.89. The van der Waals surface area contributed by atoms with Crippen molar-refractivity contribution < 1.29 is 19.1 Å². The topological polar surface area (TPSA) is 78.4 Å². The summed E-state index contributed by atoms with van der Waals surface area (Å²) in [6.07, 6.45) is 7.82. The van der Waals surface area contributed by atoms with E-state index >= 15 is 0 Å². The number of pyridine rings is 2. The van der Waals surface area contributed by atoms with Crippen LogP contribution in [0.25, 0.3) is 46.1 Å². The van der Waals surface area contributed by atoms with Gasteiger partial charge in [-0.05, 0) is 53.6 Å². The predicted molar refractivity (Wildman–Crippen MR) is 150 cm³/mol. The van der Waals surface area contributed by atoms with Crippen molar-refractivity contribution >= 4 is 58.0 Å². The molecule has 3 aromatic carbocycles. The number of nitrogens with zero attached hydrogens (tertiary/aromatic N) is 2. The molecule has 2 heterocycles. The molecule has 0 fully saturated rings. The van der Waals surface area contributed by atoms with Crippen molar-refractivity contribution in [3.05, 3.63) is 107 Å². The molecule has 0 N–H and O–H groups in total. The van der Waals surface area contributed by atoms with Gasteiger partial charge in [-0.2, -0.15) is 0 Å². The minimum atomic E-state index is -0.381. The van der Waals surface area contributed by atoms with E-state index in [4.69, 9.17) is 9.47 Å². The maximum absolute atomic E-state index is 11.4. The molecule has 38 heavy (non-hydrogen) atoms. The summed E-state index contributed by atoms with van der Waals surface area (Å²) in [6.45, 7) is 2.75. The Morgan fingerprint density at radius 2 is 1.03 bits per heavy atom. The van der Waals surface area contributed by atoms with E-state index in [0.717, 1.165) is 33.3 Å². The highest BCUT2D eigenvalue weighted by Gasteiger charge is 2.07. The highest BCUT2D eigenvalue weighted by Crippen LogP contribution is 2.26. The first-order valence-electron chi connectivity index (χ1n) is 12.1. The summed E-state index contributed by atoms with van der Waals surface area (Å²) in [5.41, 5.74) is 4.79. The van der Waals surface area contributed by atoms with Crippen molar-refractivity contribution in [3.63, 3.8) is 0 Å². The molecule has 0 bridgehead atoms. The molecule has 0 unspecified atom stereocenters. The Kier molecular flexibility index (Phi) is 7.04. The summed E-state index contributed by atoms with van der Waals surface area (Å²) < 4.78 is 10.6. The van der Waals surface area contributed by atoms with Gasteiger partial charge in [0.1, 0.15) is 11.0 Å². The maximum atomic E-state index is 11.4. The first-order valence-corrected chi connectivity index (χ1v) is 12.1. The van der Waals surface area contributed by atoms with Gasteiger partial charge in [0.25, 0.3) is 0 Å². The second kappa shape index (κ2) is 10.9. The Bertz CT molecular complexity index is 1610. The van der Waals surface area contributed by atoms with Crippen molar-refractivity contribution in [3.8, 4) is 11.5 Å². The predicted octanol–water partition coefficient (Wildman–Crippen LogP) is 6.97. The molecule has 6 nitrogen and oxygen atoms in total. The standard InChI is InChI=1S/C32H24N2O4/c1-21(35)37-29-10-4-8-25-14-18-27(33-31(25)29)16-12-23-6-3-7-24(20-23)13-17-28-19-15-26-9-5-11-30(32(26)34-28)38-22(2)36/h3-20H,1-2H3/b16-12+,17-13+. The maximum Gasteiger partial charge on any atom is 0.308 e. The number of ether oxygens (including phenoxy) is 2. The summed E-state index contributed by atoms with van der Waals surface area (Å²) >= 11 is 0. The molecule has 6 heteroatoms. The summed E-state index contributed by atoms with van der Waals surface area (Å²) in [7, 11) is 0. The van der Waals surface area contributed by atoms with Crippen molar-refractivity contribution in [2.45, 2.75) is 13.8 Å². The Balaban J connectivity index is 1.37. The Morgan fingerprint density at radius 3 is 1.47 bits per heavy atom. The monoisotopic (exact) mass is 500 g/mol. The van der Waals surface area contributed by atoms with Gasteiger partial charge < -0.3 is 9.47 Å². The SMILES string of the molecule is CC(=O)Oc1cccc2ccc(/C=C/c3cccc(/C=C/c4ccc5cccc(OC(C)=O)c5n4)c3)nc12. The van der Waals surface area contributed by atoms with E-state index in [9.17, 15) is 9.59 Å². The van der Waals surface area contributed by atoms with Crippen LogP contribution in [0.2, 0.25) is 0 Å². The Hall–Kier alpha value is -5.10. The smallest absolute Gasteiger partial charge is 0.308 e. The summed E-state index contributed by atoms with van der Waals surface area (Å²) in [5, 5.41) is 1.80. The minimum absolute atomic E-state index is 0.381. The van der Waals surface area contributed by atoms with Gasteiger partial charge >= 0.3 is 11.9 Å². The van der Waals surface area contributed by atoms with E-state index in [1.807, 2.05) is 91.0 Å². The molecular weight excluding hydrogens is 476 g/mol. The van der Waals surface area contributed by atoms with E-state index in [-0.39, 0.29) is 11.9 Å². The van der Waals surface area contributed by atoms with Gasteiger partial charge in [0.05, 0.1) is 11.4 Å². The molecule has 0 aliphatic rings. The van der Waals surface area contributed by atoms with Gasteiger partial charge in [0, 0.05) is 24.6 Å². The van der Waals surface area contributed by atoms with Crippen LogP contribution in [-0.4, -0.2) is 21.9 Å². The lowest BCUT2D eigenvalue weighted by Gasteiger charge is -2.06. The molecular formula is C32H24N2O4. The summed E-state index contributed by atoms with van der Waals surface area (Å²) in [6, 6.07) is 26.8.